The lowest BCUT2D eigenvalue weighted by Crippen LogP contribution is -2.05. The molecule has 0 amide bonds. The van der Waals surface area contributed by atoms with Gasteiger partial charge in [0.2, 0.25) is 0 Å². The zero-order valence-corrected chi connectivity index (χ0v) is 14.8. The normalized spacial score (nSPS) is 11.0. The average Bonchev–Trinajstić information content (AvgIpc) is 3.11. The van der Waals surface area contributed by atoms with Crippen LogP contribution in [0.1, 0.15) is 23.9 Å². The molecule has 0 aliphatic carbocycles. The van der Waals surface area contributed by atoms with Crippen LogP contribution in [0, 0.1) is 6.92 Å². The van der Waals surface area contributed by atoms with Crippen molar-refractivity contribution in [3.05, 3.63) is 72.1 Å². The molecule has 0 aliphatic heterocycles. The van der Waals surface area contributed by atoms with E-state index in [-0.39, 0.29) is 0 Å². The number of pyridine rings is 2. The lowest BCUT2D eigenvalue weighted by atomic mass is 10.2. The van der Waals surface area contributed by atoms with Crippen molar-refractivity contribution in [2.75, 3.05) is 5.32 Å². The Labute approximate surface area is 152 Å². The van der Waals surface area contributed by atoms with Crippen LogP contribution in [0.15, 0.2) is 55.1 Å². The van der Waals surface area contributed by atoms with Crippen LogP contribution >= 0.6 is 0 Å². The summed E-state index contributed by atoms with van der Waals surface area (Å²) in [5.41, 5.74) is 5.08. The van der Waals surface area contributed by atoms with Crippen molar-refractivity contribution in [2.45, 2.75) is 26.8 Å². The SMILES string of the molecule is CCc1cc(NCc2cn3cccc(C)c3n2)nc(-c2ccncc2)n1. The summed E-state index contributed by atoms with van der Waals surface area (Å²) < 4.78 is 2.05. The Bertz CT molecular complexity index is 1040. The number of fused-ring (bicyclic) bond motifs is 1. The molecule has 4 rings (SSSR count). The molecule has 0 bridgehead atoms. The monoisotopic (exact) mass is 344 g/mol. The van der Waals surface area contributed by atoms with E-state index in [1.807, 2.05) is 41.1 Å². The minimum Gasteiger partial charge on any atom is -0.364 e. The number of nitrogens with zero attached hydrogens (tertiary/aromatic N) is 5. The molecule has 0 radical (unpaired) electrons. The Kier molecular flexibility index (Phi) is 4.31. The summed E-state index contributed by atoms with van der Waals surface area (Å²) in [4.78, 5) is 18.0. The van der Waals surface area contributed by atoms with Gasteiger partial charge >= 0.3 is 0 Å². The van der Waals surface area contributed by atoms with Crippen LogP contribution in [-0.2, 0) is 13.0 Å². The van der Waals surface area contributed by atoms with Gasteiger partial charge in [-0.1, -0.05) is 13.0 Å². The Balaban J connectivity index is 1.60. The summed E-state index contributed by atoms with van der Waals surface area (Å²) in [6.07, 6.45) is 8.41. The van der Waals surface area contributed by atoms with E-state index in [9.17, 15) is 0 Å². The van der Waals surface area contributed by atoms with Crippen LogP contribution in [0.25, 0.3) is 17.0 Å². The predicted molar refractivity (Wildman–Crippen MR) is 102 cm³/mol. The Morgan fingerprint density at radius 3 is 2.65 bits per heavy atom. The average molecular weight is 344 g/mol. The van der Waals surface area contributed by atoms with Gasteiger partial charge in [0.1, 0.15) is 11.5 Å². The maximum atomic E-state index is 4.70. The van der Waals surface area contributed by atoms with Crippen molar-refractivity contribution in [3.8, 4) is 11.4 Å². The third-order valence-electron chi connectivity index (χ3n) is 4.26. The first-order chi connectivity index (χ1) is 12.7. The van der Waals surface area contributed by atoms with E-state index in [0.29, 0.717) is 12.4 Å². The lowest BCUT2D eigenvalue weighted by molar-refractivity contribution is 0.985. The second kappa shape index (κ2) is 6.92. The van der Waals surface area contributed by atoms with Gasteiger partial charge in [-0.3, -0.25) is 4.98 Å². The third kappa shape index (κ3) is 3.26. The van der Waals surface area contributed by atoms with Crippen LogP contribution in [0.4, 0.5) is 5.82 Å². The highest BCUT2D eigenvalue weighted by atomic mass is 15.1. The maximum Gasteiger partial charge on any atom is 0.161 e. The molecular formula is C20H20N6. The molecule has 6 nitrogen and oxygen atoms in total. The zero-order chi connectivity index (χ0) is 17.9. The molecule has 26 heavy (non-hydrogen) atoms. The predicted octanol–water partition coefficient (Wildman–Crippen LogP) is 3.67. The van der Waals surface area contributed by atoms with Crippen LogP contribution in [0.5, 0.6) is 0 Å². The highest BCUT2D eigenvalue weighted by Crippen LogP contribution is 2.18. The molecule has 0 unspecified atom stereocenters. The summed E-state index contributed by atoms with van der Waals surface area (Å²) in [5.74, 6) is 1.51. The van der Waals surface area contributed by atoms with Crippen LogP contribution in [0.2, 0.25) is 0 Å². The van der Waals surface area contributed by atoms with Crippen LogP contribution in [0.3, 0.4) is 0 Å². The topological polar surface area (TPSA) is 68.0 Å². The van der Waals surface area contributed by atoms with Crippen molar-refractivity contribution < 1.29 is 0 Å². The molecule has 0 fully saturated rings. The van der Waals surface area contributed by atoms with E-state index in [1.54, 1.807) is 12.4 Å². The number of hydrogen-bond acceptors (Lipinski definition) is 5. The lowest BCUT2D eigenvalue weighted by Gasteiger charge is -2.08. The number of imidazole rings is 1. The zero-order valence-electron chi connectivity index (χ0n) is 14.8. The number of rotatable bonds is 5. The highest BCUT2D eigenvalue weighted by Gasteiger charge is 2.08. The minimum atomic E-state index is 0.608. The van der Waals surface area contributed by atoms with E-state index >= 15 is 0 Å². The first kappa shape index (κ1) is 16.2. The number of nitrogens with one attached hydrogen (secondary N) is 1. The van der Waals surface area contributed by atoms with Crippen molar-refractivity contribution in [3.63, 3.8) is 0 Å². The van der Waals surface area contributed by atoms with Crippen LogP contribution in [-0.4, -0.2) is 24.3 Å². The fourth-order valence-electron chi connectivity index (χ4n) is 2.87. The van der Waals surface area contributed by atoms with E-state index in [2.05, 4.69) is 40.2 Å². The van der Waals surface area contributed by atoms with E-state index in [1.165, 1.54) is 0 Å². The molecular weight excluding hydrogens is 324 g/mol. The quantitative estimate of drug-likeness (QED) is 0.598. The van der Waals surface area contributed by atoms with Gasteiger partial charge in [0.25, 0.3) is 0 Å². The third-order valence-corrected chi connectivity index (χ3v) is 4.26. The van der Waals surface area contributed by atoms with E-state index < -0.39 is 0 Å². The van der Waals surface area contributed by atoms with Gasteiger partial charge in [-0.05, 0) is 37.1 Å². The second-order valence-electron chi connectivity index (χ2n) is 6.17. The summed E-state index contributed by atoms with van der Waals surface area (Å²) in [5, 5.41) is 3.38. The standard InChI is InChI=1S/C20H20N6/c1-3-16-11-18(25-19(23-16)15-6-8-21-9-7-15)22-12-17-13-26-10-4-5-14(2)20(26)24-17/h4-11,13H,3,12H2,1-2H3,(H,22,23,25). The van der Waals surface area contributed by atoms with Crippen molar-refractivity contribution in [1.29, 1.82) is 0 Å². The van der Waals surface area contributed by atoms with Gasteiger partial charge < -0.3 is 9.72 Å². The van der Waals surface area contributed by atoms with Crippen LogP contribution < -0.4 is 5.32 Å². The molecule has 6 heteroatoms. The molecule has 130 valence electrons. The number of aryl methyl sites for hydroxylation is 2. The maximum absolute atomic E-state index is 4.70. The Morgan fingerprint density at radius 1 is 1.04 bits per heavy atom. The smallest absolute Gasteiger partial charge is 0.161 e. The number of anilines is 1. The summed E-state index contributed by atoms with van der Waals surface area (Å²) in [7, 11) is 0. The fraction of sp³-hybridized carbons (Fsp3) is 0.200. The van der Waals surface area contributed by atoms with Crippen molar-refractivity contribution in [2.24, 2.45) is 0 Å². The minimum absolute atomic E-state index is 0.608. The largest absolute Gasteiger partial charge is 0.364 e. The highest BCUT2D eigenvalue weighted by molar-refractivity contribution is 5.57. The Morgan fingerprint density at radius 2 is 1.88 bits per heavy atom. The number of aromatic nitrogens is 5. The van der Waals surface area contributed by atoms with Crippen molar-refractivity contribution in [1.82, 2.24) is 24.3 Å². The molecule has 0 aliphatic rings. The van der Waals surface area contributed by atoms with E-state index in [4.69, 9.17) is 4.98 Å². The summed E-state index contributed by atoms with van der Waals surface area (Å²) in [6, 6.07) is 9.93. The van der Waals surface area contributed by atoms with Gasteiger partial charge in [0.05, 0.1) is 12.2 Å². The molecule has 4 heterocycles. The summed E-state index contributed by atoms with van der Waals surface area (Å²) in [6.45, 7) is 4.77. The first-order valence-electron chi connectivity index (χ1n) is 8.68. The molecule has 4 aromatic heterocycles. The molecule has 0 aromatic carbocycles. The Hall–Kier alpha value is -3.28. The molecule has 1 N–H and O–H groups in total. The molecule has 4 aromatic rings. The van der Waals surface area contributed by atoms with Gasteiger partial charge in [-0.2, -0.15) is 0 Å². The molecule has 0 atom stereocenters. The van der Waals surface area contributed by atoms with Gasteiger partial charge in [-0.15, -0.1) is 0 Å². The van der Waals surface area contributed by atoms with Gasteiger partial charge in [-0.25, -0.2) is 15.0 Å². The van der Waals surface area contributed by atoms with Crippen molar-refractivity contribution >= 4 is 11.5 Å². The number of hydrogen-bond donors (Lipinski definition) is 1. The molecule has 0 saturated carbocycles. The fourth-order valence-corrected chi connectivity index (χ4v) is 2.87. The van der Waals surface area contributed by atoms with Gasteiger partial charge in [0.15, 0.2) is 5.82 Å². The van der Waals surface area contributed by atoms with Gasteiger partial charge in [0, 0.05) is 42.1 Å². The van der Waals surface area contributed by atoms with E-state index in [0.717, 1.165) is 40.4 Å². The first-order valence-corrected chi connectivity index (χ1v) is 8.68. The summed E-state index contributed by atoms with van der Waals surface area (Å²) >= 11 is 0. The second-order valence-corrected chi connectivity index (χ2v) is 6.17. The molecule has 0 spiro atoms. The molecule has 0 saturated heterocycles.